The number of rotatable bonds is 6. The van der Waals surface area contributed by atoms with Gasteiger partial charge in [0.1, 0.15) is 10.8 Å². The van der Waals surface area contributed by atoms with Gasteiger partial charge in [-0.15, -0.1) is 11.3 Å². The van der Waals surface area contributed by atoms with Crippen molar-refractivity contribution in [1.29, 1.82) is 0 Å². The third kappa shape index (κ3) is 3.85. The van der Waals surface area contributed by atoms with E-state index in [1.807, 2.05) is 24.4 Å². The Morgan fingerprint density at radius 3 is 2.74 bits per heavy atom. The first kappa shape index (κ1) is 13.7. The minimum Gasteiger partial charge on any atom is -0.354 e. The molecule has 0 aliphatic heterocycles. The Bertz CT molecular complexity index is 511. The molecule has 6 nitrogen and oxygen atoms in total. The van der Waals surface area contributed by atoms with Crippen molar-refractivity contribution in [2.45, 2.75) is 19.8 Å². The summed E-state index contributed by atoms with van der Waals surface area (Å²) in [4.78, 5) is 19.4. The molecule has 0 bridgehead atoms. The first-order valence-electron chi connectivity index (χ1n) is 6.23. The minimum absolute atomic E-state index is 0.632. The van der Waals surface area contributed by atoms with Crippen LogP contribution in [-0.4, -0.2) is 40.6 Å². The molecule has 0 aliphatic carbocycles. The summed E-state index contributed by atoms with van der Waals surface area (Å²) in [7, 11) is 3.85. The van der Waals surface area contributed by atoms with Crippen LogP contribution >= 0.6 is 11.3 Å². The van der Waals surface area contributed by atoms with Gasteiger partial charge in [0.2, 0.25) is 11.9 Å². The Labute approximate surface area is 117 Å². The number of hydrogen-bond donors (Lipinski definition) is 1. The maximum atomic E-state index is 4.45. The number of nitrogens with zero attached hydrogens (tertiary/aromatic N) is 5. The van der Waals surface area contributed by atoms with Crippen molar-refractivity contribution in [1.82, 2.24) is 19.9 Å². The smallest absolute Gasteiger partial charge is 0.229 e. The zero-order chi connectivity index (χ0) is 13.7. The predicted octanol–water partition coefficient (Wildman–Crippen LogP) is 1.81. The van der Waals surface area contributed by atoms with Crippen molar-refractivity contribution in [3.63, 3.8) is 0 Å². The zero-order valence-corrected chi connectivity index (χ0v) is 12.2. The lowest BCUT2D eigenvalue weighted by Gasteiger charge is -2.13. The van der Waals surface area contributed by atoms with Crippen LogP contribution in [0.3, 0.4) is 0 Å². The summed E-state index contributed by atoms with van der Waals surface area (Å²) in [6.07, 6.45) is 3.47. The van der Waals surface area contributed by atoms with Crippen LogP contribution < -0.4 is 10.2 Å². The molecule has 0 amide bonds. The molecule has 0 unspecified atom stereocenters. The van der Waals surface area contributed by atoms with Crippen LogP contribution in [0.5, 0.6) is 0 Å². The largest absolute Gasteiger partial charge is 0.354 e. The van der Waals surface area contributed by atoms with Gasteiger partial charge in [0, 0.05) is 32.2 Å². The summed E-state index contributed by atoms with van der Waals surface area (Å²) in [6.45, 7) is 2.96. The normalized spacial score (nSPS) is 10.5. The Morgan fingerprint density at radius 2 is 2.11 bits per heavy atom. The minimum atomic E-state index is 0.632. The SMILES string of the molecule is CCCNc1nc(Cc2nccs2)nc(N(C)C)n1. The summed E-state index contributed by atoms with van der Waals surface area (Å²) in [6, 6.07) is 0. The van der Waals surface area contributed by atoms with Crippen molar-refractivity contribution in [3.8, 4) is 0 Å². The highest BCUT2D eigenvalue weighted by molar-refractivity contribution is 7.09. The monoisotopic (exact) mass is 278 g/mol. The molecule has 0 aliphatic rings. The summed E-state index contributed by atoms with van der Waals surface area (Å²) in [5.74, 6) is 2.04. The molecule has 0 radical (unpaired) electrons. The van der Waals surface area contributed by atoms with E-state index in [1.54, 1.807) is 17.5 Å². The van der Waals surface area contributed by atoms with Crippen LogP contribution in [0.1, 0.15) is 24.2 Å². The Morgan fingerprint density at radius 1 is 1.26 bits per heavy atom. The van der Waals surface area contributed by atoms with Gasteiger partial charge in [0.25, 0.3) is 0 Å². The molecule has 0 atom stereocenters. The fourth-order valence-corrected chi connectivity index (χ4v) is 2.09. The number of thiazole rings is 1. The number of nitrogens with one attached hydrogen (secondary N) is 1. The Hall–Kier alpha value is -1.76. The summed E-state index contributed by atoms with van der Waals surface area (Å²) in [5, 5.41) is 6.17. The molecule has 1 N–H and O–H groups in total. The van der Waals surface area contributed by atoms with Crippen LogP contribution in [0, 0.1) is 0 Å². The molecule has 0 saturated carbocycles. The summed E-state index contributed by atoms with van der Waals surface area (Å²) >= 11 is 1.61. The summed E-state index contributed by atoms with van der Waals surface area (Å²) < 4.78 is 0. The molecule has 0 saturated heterocycles. The van der Waals surface area contributed by atoms with Gasteiger partial charge in [-0.25, -0.2) is 4.98 Å². The van der Waals surface area contributed by atoms with Crippen molar-refractivity contribution >= 4 is 23.2 Å². The molecular weight excluding hydrogens is 260 g/mol. The maximum Gasteiger partial charge on any atom is 0.229 e. The van der Waals surface area contributed by atoms with Crippen molar-refractivity contribution in [2.24, 2.45) is 0 Å². The molecule has 0 spiro atoms. The van der Waals surface area contributed by atoms with Gasteiger partial charge in [-0.2, -0.15) is 15.0 Å². The molecule has 19 heavy (non-hydrogen) atoms. The van der Waals surface area contributed by atoms with Gasteiger partial charge in [-0.1, -0.05) is 6.92 Å². The predicted molar refractivity (Wildman–Crippen MR) is 77.9 cm³/mol. The zero-order valence-electron chi connectivity index (χ0n) is 11.4. The van der Waals surface area contributed by atoms with E-state index >= 15 is 0 Å². The fourth-order valence-electron chi connectivity index (χ4n) is 1.48. The maximum absolute atomic E-state index is 4.45. The summed E-state index contributed by atoms with van der Waals surface area (Å²) in [5.41, 5.74) is 0. The van der Waals surface area contributed by atoms with Gasteiger partial charge in [0.15, 0.2) is 0 Å². The van der Waals surface area contributed by atoms with Crippen LogP contribution in [0.2, 0.25) is 0 Å². The highest BCUT2D eigenvalue weighted by Gasteiger charge is 2.09. The molecule has 2 heterocycles. The van der Waals surface area contributed by atoms with E-state index in [-0.39, 0.29) is 0 Å². The first-order valence-corrected chi connectivity index (χ1v) is 7.11. The molecule has 2 rings (SSSR count). The van der Waals surface area contributed by atoms with Crippen LogP contribution in [0.15, 0.2) is 11.6 Å². The van der Waals surface area contributed by atoms with Crippen LogP contribution in [-0.2, 0) is 6.42 Å². The van der Waals surface area contributed by atoms with Gasteiger partial charge in [-0.05, 0) is 6.42 Å². The molecule has 2 aromatic heterocycles. The van der Waals surface area contributed by atoms with Gasteiger partial charge in [0.05, 0.1) is 6.42 Å². The van der Waals surface area contributed by atoms with Crippen LogP contribution in [0.25, 0.3) is 0 Å². The number of hydrogen-bond acceptors (Lipinski definition) is 7. The van der Waals surface area contributed by atoms with Crippen LogP contribution in [0.4, 0.5) is 11.9 Å². The lowest BCUT2D eigenvalue weighted by Crippen LogP contribution is -2.17. The second-order valence-electron chi connectivity index (χ2n) is 4.30. The lowest BCUT2D eigenvalue weighted by atomic mass is 10.4. The molecule has 0 aromatic carbocycles. The number of anilines is 2. The first-order chi connectivity index (χ1) is 9.19. The standard InChI is InChI=1S/C12H18N6S/c1-4-5-14-11-15-9(8-10-13-6-7-19-10)16-12(17-11)18(2)3/h6-7H,4-5,8H2,1-3H3,(H,14,15,16,17). The second kappa shape index (κ2) is 6.42. The van der Waals surface area contributed by atoms with Gasteiger partial charge < -0.3 is 10.2 Å². The van der Waals surface area contributed by atoms with Gasteiger partial charge in [-0.3, -0.25) is 0 Å². The van der Waals surface area contributed by atoms with Crippen molar-refractivity contribution in [2.75, 3.05) is 30.9 Å². The average Bonchev–Trinajstić information content (AvgIpc) is 2.89. The quantitative estimate of drug-likeness (QED) is 0.869. The van der Waals surface area contributed by atoms with Crippen molar-refractivity contribution < 1.29 is 0 Å². The molecule has 7 heteroatoms. The average molecular weight is 278 g/mol. The third-order valence-electron chi connectivity index (χ3n) is 2.40. The van der Waals surface area contributed by atoms with E-state index in [4.69, 9.17) is 0 Å². The third-order valence-corrected chi connectivity index (χ3v) is 3.18. The highest BCUT2D eigenvalue weighted by atomic mass is 32.1. The Balaban J connectivity index is 2.23. The topological polar surface area (TPSA) is 66.8 Å². The highest BCUT2D eigenvalue weighted by Crippen LogP contribution is 2.13. The Kier molecular flexibility index (Phi) is 4.62. The molecule has 102 valence electrons. The van der Waals surface area contributed by atoms with E-state index in [0.29, 0.717) is 18.3 Å². The molecular formula is C12H18N6S. The van der Waals surface area contributed by atoms with E-state index < -0.39 is 0 Å². The lowest BCUT2D eigenvalue weighted by molar-refractivity contribution is 0.865. The van der Waals surface area contributed by atoms with E-state index in [2.05, 4.69) is 32.2 Å². The molecule has 0 fully saturated rings. The van der Waals surface area contributed by atoms with Crippen molar-refractivity contribution in [3.05, 3.63) is 22.4 Å². The fraction of sp³-hybridized carbons (Fsp3) is 0.500. The number of aromatic nitrogens is 4. The second-order valence-corrected chi connectivity index (χ2v) is 5.28. The van der Waals surface area contributed by atoms with E-state index in [0.717, 1.165) is 23.8 Å². The van der Waals surface area contributed by atoms with E-state index in [9.17, 15) is 0 Å². The molecule has 2 aromatic rings. The van der Waals surface area contributed by atoms with E-state index in [1.165, 1.54) is 0 Å². The van der Waals surface area contributed by atoms with Gasteiger partial charge >= 0.3 is 0 Å².